The van der Waals surface area contributed by atoms with E-state index in [4.69, 9.17) is 10.2 Å². The van der Waals surface area contributed by atoms with E-state index in [1.54, 1.807) is 0 Å². The van der Waals surface area contributed by atoms with Crippen LogP contribution in [0.15, 0.2) is 231 Å². The second-order valence-electron chi connectivity index (χ2n) is 14.3. The Bertz CT molecular complexity index is 2930. The first-order valence-electron chi connectivity index (χ1n) is 19.6. The van der Waals surface area contributed by atoms with Crippen molar-refractivity contribution in [1.29, 1.82) is 0 Å². The molecule has 58 heavy (non-hydrogen) atoms. The lowest BCUT2D eigenvalue weighted by molar-refractivity contribution is 1.07. The highest BCUT2D eigenvalue weighted by Crippen LogP contribution is 2.41. The number of hydrogen-bond donors (Lipinski definition) is 0. The van der Waals surface area contributed by atoms with E-state index in [2.05, 4.69) is 234 Å². The van der Waals surface area contributed by atoms with Crippen molar-refractivity contribution >= 4 is 27.8 Å². The molecule has 1 aromatic heterocycles. The fourth-order valence-corrected chi connectivity index (χ4v) is 7.94. The van der Waals surface area contributed by atoms with Gasteiger partial charge in [0.15, 0.2) is 11.6 Å². The predicted octanol–water partition coefficient (Wildman–Crippen LogP) is 14.2. The van der Waals surface area contributed by atoms with Gasteiger partial charge in [-0.1, -0.05) is 176 Å². The summed E-state index contributed by atoms with van der Waals surface area (Å²) in [5.74, 6) is 1.60. The summed E-state index contributed by atoms with van der Waals surface area (Å²) in [7, 11) is 0. The third kappa shape index (κ3) is 6.63. The largest absolute Gasteiger partial charge is 0.311 e. The molecule has 1 heterocycles. The molecule has 0 unspecified atom stereocenters. The molecule has 0 spiro atoms. The molecule has 0 saturated carbocycles. The van der Waals surface area contributed by atoms with Gasteiger partial charge >= 0.3 is 0 Å². The minimum atomic E-state index is 0.793. The minimum Gasteiger partial charge on any atom is -0.311 e. The Morgan fingerprint density at radius 2 is 0.690 bits per heavy atom. The van der Waals surface area contributed by atoms with E-state index in [1.165, 1.54) is 33.0 Å². The smallest absolute Gasteiger partial charge is 0.168 e. The lowest BCUT2D eigenvalue weighted by Gasteiger charge is -2.25. The summed E-state index contributed by atoms with van der Waals surface area (Å²) >= 11 is 0. The van der Waals surface area contributed by atoms with Crippen molar-refractivity contribution in [1.82, 2.24) is 14.8 Å². The van der Waals surface area contributed by atoms with E-state index >= 15 is 0 Å². The standard InChI is InChI=1S/C54H38N4/c1-4-18-45(19-5-1)57(46-20-6-2-7-21-46)48-36-34-41(35-37-48)50-25-13-15-27-52(50)51-26-14-12-24-49(51)40-29-31-42(32-30-40)53-55-56-54(58(53)47-22-8-3-9-23-47)44-33-28-39-16-10-11-17-43(39)38-44/h1-38H. The number of para-hydroxylation sites is 3. The number of fused-ring (bicyclic) bond motifs is 1. The van der Waals surface area contributed by atoms with Crippen LogP contribution in [0.4, 0.5) is 17.1 Å². The van der Waals surface area contributed by atoms with Crippen molar-refractivity contribution in [3.8, 4) is 61.8 Å². The third-order valence-electron chi connectivity index (χ3n) is 10.7. The molecule has 4 nitrogen and oxygen atoms in total. The fraction of sp³-hybridized carbons (Fsp3) is 0. The van der Waals surface area contributed by atoms with Crippen LogP contribution in [-0.2, 0) is 0 Å². The van der Waals surface area contributed by atoms with Crippen molar-refractivity contribution in [3.05, 3.63) is 231 Å². The molecule has 0 N–H and O–H groups in total. The third-order valence-corrected chi connectivity index (χ3v) is 10.7. The second kappa shape index (κ2) is 15.4. The lowest BCUT2D eigenvalue weighted by atomic mass is 9.89. The highest BCUT2D eigenvalue weighted by molar-refractivity contribution is 5.92. The van der Waals surface area contributed by atoms with E-state index in [0.29, 0.717) is 0 Å². The Balaban J connectivity index is 0.999. The summed E-state index contributed by atoms with van der Waals surface area (Å²) in [5, 5.41) is 11.9. The van der Waals surface area contributed by atoms with Crippen molar-refractivity contribution in [3.63, 3.8) is 0 Å². The molecule has 0 fully saturated rings. The van der Waals surface area contributed by atoms with Gasteiger partial charge in [0, 0.05) is 33.9 Å². The zero-order valence-electron chi connectivity index (χ0n) is 31.7. The van der Waals surface area contributed by atoms with Gasteiger partial charge in [0.1, 0.15) is 0 Å². The van der Waals surface area contributed by atoms with Gasteiger partial charge in [-0.15, -0.1) is 10.2 Å². The molecule has 274 valence electrons. The van der Waals surface area contributed by atoms with E-state index < -0.39 is 0 Å². The second-order valence-corrected chi connectivity index (χ2v) is 14.3. The minimum absolute atomic E-state index is 0.793. The van der Waals surface area contributed by atoms with Crippen LogP contribution in [0.3, 0.4) is 0 Å². The number of aromatic nitrogens is 3. The van der Waals surface area contributed by atoms with Crippen LogP contribution in [0.25, 0.3) is 72.6 Å². The first-order valence-corrected chi connectivity index (χ1v) is 19.6. The Morgan fingerprint density at radius 3 is 1.26 bits per heavy atom. The molecule has 0 aliphatic carbocycles. The Kier molecular flexibility index (Phi) is 9.18. The average molecular weight is 743 g/mol. The van der Waals surface area contributed by atoms with Crippen molar-refractivity contribution in [2.45, 2.75) is 0 Å². The summed E-state index contributed by atoms with van der Waals surface area (Å²) in [6, 6.07) is 81.3. The van der Waals surface area contributed by atoms with Crippen LogP contribution in [0.1, 0.15) is 0 Å². The molecule has 10 rings (SSSR count). The number of nitrogens with zero attached hydrogens (tertiary/aromatic N) is 4. The maximum absolute atomic E-state index is 4.79. The van der Waals surface area contributed by atoms with Crippen LogP contribution in [-0.4, -0.2) is 14.8 Å². The maximum atomic E-state index is 4.79. The molecular weight excluding hydrogens is 705 g/mol. The average Bonchev–Trinajstić information content (AvgIpc) is 3.76. The molecular formula is C54H38N4. The maximum Gasteiger partial charge on any atom is 0.168 e. The van der Waals surface area contributed by atoms with E-state index in [0.717, 1.165) is 56.7 Å². The van der Waals surface area contributed by atoms with Gasteiger partial charge in [-0.25, -0.2) is 0 Å². The topological polar surface area (TPSA) is 34.0 Å². The van der Waals surface area contributed by atoms with Gasteiger partial charge in [0.2, 0.25) is 0 Å². The zero-order chi connectivity index (χ0) is 38.7. The first kappa shape index (κ1) is 34.7. The normalized spacial score (nSPS) is 11.1. The van der Waals surface area contributed by atoms with E-state index in [1.807, 2.05) is 6.07 Å². The van der Waals surface area contributed by atoms with Crippen molar-refractivity contribution < 1.29 is 0 Å². The van der Waals surface area contributed by atoms with E-state index in [9.17, 15) is 0 Å². The summed E-state index contributed by atoms with van der Waals surface area (Å²) in [5.41, 5.74) is 13.4. The number of rotatable bonds is 9. The molecule has 0 amide bonds. The van der Waals surface area contributed by atoms with Crippen LogP contribution in [0.5, 0.6) is 0 Å². The van der Waals surface area contributed by atoms with Gasteiger partial charge in [-0.2, -0.15) is 0 Å². The Hall–Kier alpha value is -7.82. The van der Waals surface area contributed by atoms with Gasteiger partial charge in [0.25, 0.3) is 0 Å². The Labute approximate surface area is 338 Å². The number of hydrogen-bond acceptors (Lipinski definition) is 3. The predicted molar refractivity (Wildman–Crippen MR) is 241 cm³/mol. The van der Waals surface area contributed by atoms with Crippen LogP contribution in [0.2, 0.25) is 0 Å². The molecule has 0 aliphatic heterocycles. The van der Waals surface area contributed by atoms with Crippen molar-refractivity contribution in [2.24, 2.45) is 0 Å². The van der Waals surface area contributed by atoms with Crippen LogP contribution < -0.4 is 4.90 Å². The summed E-state index contributed by atoms with van der Waals surface area (Å²) < 4.78 is 2.16. The summed E-state index contributed by atoms with van der Waals surface area (Å²) in [6.45, 7) is 0. The molecule has 0 radical (unpaired) electrons. The molecule has 9 aromatic carbocycles. The molecule has 0 aliphatic rings. The van der Waals surface area contributed by atoms with Crippen molar-refractivity contribution in [2.75, 3.05) is 4.90 Å². The molecule has 4 heteroatoms. The highest BCUT2D eigenvalue weighted by atomic mass is 15.3. The Morgan fingerprint density at radius 1 is 0.293 bits per heavy atom. The monoisotopic (exact) mass is 742 g/mol. The lowest BCUT2D eigenvalue weighted by Crippen LogP contribution is -2.09. The van der Waals surface area contributed by atoms with Gasteiger partial charge in [0.05, 0.1) is 0 Å². The molecule has 0 saturated heterocycles. The fourth-order valence-electron chi connectivity index (χ4n) is 7.94. The number of benzene rings is 9. The summed E-state index contributed by atoms with van der Waals surface area (Å²) in [6.07, 6.45) is 0. The van der Waals surface area contributed by atoms with Gasteiger partial charge in [-0.3, -0.25) is 4.57 Å². The SMILES string of the molecule is c1ccc(N(c2ccccc2)c2ccc(-c3ccccc3-c3ccccc3-c3ccc(-c4nnc(-c5ccc6ccccc6c5)n4-c4ccccc4)cc3)cc2)cc1. The van der Waals surface area contributed by atoms with Crippen LogP contribution >= 0.6 is 0 Å². The first-order chi connectivity index (χ1) is 28.8. The quantitative estimate of drug-likeness (QED) is 0.148. The highest BCUT2D eigenvalue weighted by Gasteiger charge is 2.19. The van der Waals surface area contributed by atoms with Gasteiger partial charge in [-0.05, 0) is 98.8 Å². The van der Waals surface area contributed by atoms with Crippen LogP contribution in [0, 0.1) is 0 Å². The summed E-state index contributed by atoms with van der Waals surface area (Å²) in [4.78, 5) is 2.29. The molecule has 0 atom stereocenters. The molecule has 0 bridgehead atoms. The number of anilines is 3. The van der Waals surface area contributed by atoms with E-state index in [-0.39, 0.29) is 0 Å². The zero-order valence-corrected chi connectivity index (χ0v) is 31.7. The molecule has 10 aromatic rings. The van der Waals surface area contributed by atoms with Gasteiger partial charge < -0.3 is 4.90 Å².